The largest absolute Gasteiger partial charge is 0.507 e. The summed E-state index contributed by atoms with van der Waals surface area (Å²) in [5.74, 6) is -1.71. The highest BCUT2D eigenvalue weighted by molar-refractivity contribution is 7.09. The van der Waals surface area contributed by atoms with Gasteiger partial charge in [0.2, 0.25) is 0 Å². The Labute approximate surface area is 215 Å². The lowest BCUT2D eigenvalue weighted by atomic mass is 9.95. The predicted octanol–water partition coefficient (Wildman–Crippen LogP) is 5.79. The van der Waals surface area contributed by atoms with Crippen LogP contribution in [-0.2, 0) is 16.1 Å². The number of halogens is 2. The van der Waals surface area contributed by atoms with Gasteiger partial charge in [0.15, 0.2) is 17.2 Å². The molecule has 1 fully saturated rings. The lowest BCUT2D eigenvalue weighted by Gasteiger charge is -2.25. The van der Waals surface area contributed by atoms with Crippen molar-refractivity contribution in [2.75, 3.05) is 13.7 Å². The summed E-state index contributed by atoms with van der Waals surface area (Å²) in [6.07, 6.45) is 0. The van der Waals surface area contributed by atoms with E-state index in [1.54, 1.807) is 19.1 Å². The van der Waals surface area contributed by atoms with Crippen molar-refractivity contribution in [2.24, 2.45) is 0 Å². The first-order valence-corrected chi connectivity index (χ1v) is 12.2. The number of hydrogen-bond donors (Lipinski definition) is 2. The van der Waals surface area contributed by atoms with Crippen molar-refractivity contribution < 1.29 is 29.3 Å². The van der Waals surface area contributed by atoms with Crippen molar-refractivity contribution in [1.29, 1.82) is 0 Å². The number of aliphatic hydroxyl groups excluding tert-OH is 1. The van der Waals surface area contributed by atoms with Gasteiger partial charge in [-0.2, -0.15) is 0 Å². The third kappa shape index (κ3) is 4.69. The SMILES string of the molecule is CCOc1cc(C2/C(=C(\O)c3cc(Cl)c(OC)c(Cl)c3)C(=O)C(=O)N2Cc2cccs2)ccc1O. The number of aliphatic hydroxyl groups is 1. The normalized spacial score (nSPS) is 17.1. The second-order valence-corrected chi connectivity index (χ2v) is 9.49. The maximum absolute atomic E-state index is 13.2. The predicted molar refractivity (Wildman–Crippen MR) is 134 cm³/mol. The minimum atomic E-state index is -0.948. The number of rotatable bonds is 7. The van der Waals surface area contributed by atoms with Crippen LogP contribution in [0.3, 0.4) is 0 Å². The fourth-order valence-corrected chi connectivity index (χ4v) is 5.32. The van der Waals surface area contributed by atoms with Crippen LogP contribution in [0, 0.1) is 0 Å². The van der Waals surface area contributed by atoms with Gasteiger partial charge >= 0.3 is 0 Å². The summed E-state index contributed by atoms with van der Waals surface area (Å²) in [6.45, 7) is 2.22. The fourth-order valence-electron chi connectivity index (χ4n) is 3.98. The number of phenolic OH excluding ortho intramolecular Hbond substituents is 1. The molecule has 1 unspecified atom stereocenters. The molecule has 7 nitrogen and oxygen atoms in total. The molecular weight excluding hydrogens is 513 g/mol. The molecule has 0 radical (unpaired) electrons. The number of Topliss-reactive ketones (excluding diaryl/α,β-unsaturated/α-hetero) is 1. The molecule has 2 N–H and O–H groups in total. The number of aromatic hydroxyl groups is 1. The molecule has 2 heterocycles. The summed E-state index contributed by atoms with van der Waals surface area (Å²) < 4.78 is 10.7. The van der Waals surface area contributed by atoms with Crippen LogP contribution < -0.4 is 9.47 Å². The summed E-state index contributed by atoms with van der Waals surface area (Å²) in [5, 5.41) is 23.6. The number of nitrogens with zero attached hydrogens (tertiary/aromatic N) is 1. The Hall–Kier alpha value is -3.20. The van der Waals surface area contributed by atoms with Crippen LogP contribution in [0.25, 0.3) is 5.76 Å². The molecule has 1 saturated heterocycles. The van der Waals surface area contributed by atoms with Gasteiger partial charge < -0.3 is 24.6 Å². The van der Waals surface area contributed by atoms with Gasteiger partial charge in [0.25, 0.3) is 11.7 Å². The number of hydrogen-bond acceptors (Lipinski definition) is 7. The molecule has 3 aromatic rings. The van der Waals surface area contributed by atoms with E-state index >= 15 is 0 Å². The van der Waals surface area contributed by atoms with Gasteiger partial charge in [-0.3, -0.25) is 9.59 Å². The second kappa shape index (κ2) is 10.2. The lowest BCUT2D eigenvalue weighted by molar-refractivity contribution is -0.140. The minimum absolute atomic E-state index is 0.0838. The molecule has 2 aromatic carbocycles. The highest BCUT2D eigenvalue weighted by atomic mass is 35.5. The van der Waals surface area contributed by atoms with E-state index in [4.69, 9.17) is 32.7 Å². The average molecular weight is 534 g/mol. The highest BCUT2D eigenvalue weighted by Crippen LogP contribution is 2.44. The molecule has 0 aliphatic carbocycles. The maximum Gasteiger partial charge on any atom is 0.295 e. The zero-order valence-electron chi connectivity index (χ0n) is 18.7. The summed E-state index contributed by atoms with van der Waals surface area (Å²) in [7, 11) is 1.41. The number of ether oxygens (including phenoxy) is 2. The molecule has 35 heavy (non-hydrogen) atoms. The highest BCUT2D eigenvalue weighted by Gasteiger charge is 2.46. The van der Waals surface area contributed by atoms with Crippen molar-refractivity contribution in [3.8, 4) is 17.2 Å². The molecule has 1 aliphatic rings. The molecule has 0 bridgehead atoms. The van der Waals surface area contributed by atoms with Crippen molar-refractivity contribution >= 4 is 52.0 Å². The summed E-state index contributed by atoms with van der Waals surface area (Å²) in [6, 6.07) is 10.1. The van der Waals surface area contributed by atoms with Crippen molar-refractivity contribution in [2.45, 2.75) is 19.5 Å². The number of amides is 1. The minimum Gasteiger partial charge on any atom is -0.507 e. The van der Waals surface area contributed by atoms with Crippen LogP contribution >= 0.6 is 34.5 Å². The number of likely N-dealkylation sites (tertiary alicyclic amines) is 1. The summed E-state index contributed by atoms with van der Waals surface area (Å²) >= 11 is 13.9. The van der Waals surface area contributed by atoms with Crippen LogP contribution in [0.4, 0.5) is 0 Å². The quantitative estimate of drug-likeness (QED) is 0.226. The standard InChI is InChI=1S/C25H21Cl2NO6S/c1-3-34-19-11-13(6-7-18(19)29)21-20(22(30)14-9-16(26)24(33-2)17(27)10-14)23(31)25(32)28(21)12-15-5-4-8-35-15/h4-11,21,29-30H,3,12H2,1-2H3/b22-20+. The average Bonchev–Trinajstić information content (AvgIpc) is 3.42. The smallest absolute Gasteiger partial charge is 0.295 e. The molecule has 1 atom stereocenters. The van der Waals surface area contributed by atoms with E-state index < -0.39 is 23.5 Å². The Morgan fingerprint density at radius 1 is 1.14 bits per heavy atom. The zero-order valence-corrected chi connectivity index (χ0v) is 21.1. The molecule has 1 aliphatic heterocycles. The van der Waals surface area contributed by atoms with E-state index in [2.05, 4.69) is 0 Å². The van der Waals surface area contributed by atoms with E-state index in [-0.39, 0.29) is 45.0 Å². The summed E-state index contributed by atoms with van der Waals surface area (Å²) in [5.41, 5.74) is 0.509. The maximum atomic E-state index is 13.2. The van der Waals surface area contributed by atoms with E-state index in [1.807, 2.05) is 17.5 Å². The van der Waals surface area contributed by atoms with Gasteiger partial charge in [-0.15, -0.1) is 11.3 Å². The van der Waals surface area contributed by atoms with Gasteiger partial charge in [-0.25, -0.2) is 0 Å². The van der Waals surface area contributed by atoms with Gasteiger partial charge in [-0.1, -0.05) is 35.3 Å². The number of thiophene rings is 1. The van der Waals surface area contributed by atoms with Crippen molar-refractivity contribution in [1.82, 2.24) is 4.90 Å². The fraction of sp³-hybridized carbons (Fsp3) is 0.200. The number of carbonyl (C=O) groups is 2. The topological polar surface area (TPSA) is 96.3 Å². The Bertz CT molecular complexity index is 1300. The monoisotopic (exact) mass is 533 g/mol. The molecule has 4 rings (SSSR count). The molecule has 1 amide bonds. The Morgan fingerprint density at radius 3 is 2.46 bits per heavy atom. The molecular formula is C25H21Cl2NO6S. The Morgan fingerprint density at radius 2 is 1.86 bits per heavy atom. The number of phenols is 1. The number of ketones is 1. The molecule has 10 heteroatoms. The van der Waals surface area contributed by atoms with E-state index in [0.717, 1.165) is 4.88 Å². The van der Waals surface area contributed by atoms with Gasteiger partial charge in [0, 0.05) is 10.4 Å². The first-order valence-electron chi connectivity index (χ1n) is 10.6. The van der Waals surface area contributed by atoms with Crippen LogP contribution in [-0.4, -0.2) is 40.5 Å². The Kier molecular flexibility index (Phi) is 7.25. The van der Waals surface area contributed by atoms with Crippen LogP contribution in [0.1, 0.15) is 29.0 Å². The van der Waals surface area contributed by atoms with Crippen LogP contribution in [0.2, 0.25) is 10.0 Å². The van der Waals surface area contributed by atoms with E-state index in [9.17, 15) is 19.8 Å². The molecule has 0 saturated carbocycles. The third-order valence-corrected chi connectivity index (χ3v) is 6.94. The van der Waals surface area contributed by atoms with E-state index in [0.29, 0.717) is 12.2 Å². The number of carbonyl (C=O) groups excluding carboxylic acids is 2. The van der Waals surface area contributed by atoms with E-state index in [1.165, 1.54) is 41.5 Å². The summed E-state index contributed by atoms with van der Waals surface area (Å²) in [4.78, 5) is 28.6. The Balaban J connectivity index is 1.91. The number of benzene rings is 2. The second-order valence-electron chi connectivity index (χ2n) is 7.64. The van der Waals surface area contributed by atoms with Crippen LogP contribution in [0.15, 0.2) is 53.4 Å². The molecule has 182 valence electrons. The van der Waals surface area contributed by atoms with Crippen LogP contribution in [0.5, 0.6) is 17.2 Å². The van der Waals surface area contributed by atoms with Crippen molar-refractivity contribution in [3.05, 3.63) is 79.5 Å². The zero-order chi connectivity index (χ0) is 25.3. The van der Waals surface area contributed by atoms with Gasteiger partial charge in [0.1, 0.15) is 5.76 Å². The van der Waals surface area contributed by atoms with Gasteiger partial charge in [-0.05, 0) is 48.2 Å². The molecule has 0 spiro atoms. The molecule has 1 aromatic heterocycles. The first kappa shape index (κ1) is 24.9. The van der Waals surface area contributed by atoms with Gasteiger partial charge in [0.05, 0.1) is 41.9 Å². The third-order valence-electron chi connectivity index (χ3n) is 5.52. The first-order chi connectivity index (χ1) is 16.8. The van der Waals surface area contributed by atoms with Crippen molar-refractivity contribution in [3.63, 3.8) is 0 Å². The lowest BCUT2D eigenvalue weighted by Crippen LogP contribution is -2.28. The number of methoxy groups -OCH3 is 1.